The molecule has 6 heteroatoms. The van der Waals surface area contributed by atoms with Crippen LogP contribution in [-0.4, -0.2) is 33.3 Å². The molecule has 29 heavy (non-hydrogen) atoms. The van der Waals surface area contributed by atoms with Crippen LogP contribution in [0.25, 0.3) is 0 Å². The van der Waals surface area contributed by atoms with E-state index in [4.69, 9.17) is 11.6 Å². The minimum absolute atomic E-state index is 0.162. The molecule has 0 saturated carbocycles. The van der Waals surface area contributed by atoms with Crippen molar-refractivity contribution in [1.82, 2.24) is 4.90 Å². The molecule has 1 aliphatic heterocycles. The van der Waals surface area contributed by atoms with Crippen LogP contribution >= 0.6 is 11.6 Å². The van der Waals surface area contributed by atoms with Gasteiger partial charge in [-0.1, -0.05) is 29.8 Å². The van der Waals surface area contributed by atoms with Crippen LogP contribution in [0.5, 0.6) is 5.75 Å². The summed E-state index contributed by atoms with van der Waals surface area (Å²) in [5.41, 5.74) is 2.38. The zero-order valence-electron chi connectivity index (χ0n) is 17.2. The topological polar surface area (TPSA) is 64.0 Å². The van der Waals surface area contributed by atoms with Crippen LogP contribution in [0.3, 0.4) is 0 Å². The number of nitrogens with zero attached hydrogens (tertiary/aromatic N) is 2. The number of amides is 1. The number of benzene rings is 2. The normalized spacial score (nSPS) is 17.2. The molecule has 2 aromatic carbocycles. The van der Waals surface area contributed by atoms with Gasteiger partial charge in [0.15, 0.2) is 0 Å². The third-order valence-corrected chi connectivity index (χ3v) is 5.70. The molecular formula is C23H29ClN2O3. The Hall–Kier alpha value is -2.40. The monoisotopic (exact) mass is 416 g/mol. The Balaban J connectivity index is 1.92. The van der Waals surface area contributed by atoms with Crippen molar-refractivity contribution in [2.24, 2.45) is 0 Å². The van der Waals surface area contributed by atoms with Crippen LogP contribution in [0, 0.1) is 0 Å². The number of phenolic OH excluding ortho intramolecular Hbond substituents is 1. The maximum Gasteiger partial charge on any atom is 0.407 e. The highest BCUT2D eigenvalue weighted by atomic mass is 35.5. The molecule has 1 unspecified atom stereocenters. The lowest BCUT2D eigenvalue weighted by atomic mass is 9.94. The maximum atomic E-state index is 11.6. The predicted molar refractivity (Wildman–Crippen MR) is 117 cm³/mol. The van der Waals surface area contributed by atoms with Gasteiger partial charge in [0.1, 0.15) is 5.75 Å². The summed E-state index contributed by atoms with van der Waals surface area (Å²) in [6, 6.07) is 13.1. The number of carbonyl (C=O) groups is 1. The van der Waals surface area contributed by atoms with Gasteiger partial charge in [-0.2, -0.15) is 0 Å². The fourth-order valence-electron chi connectivity index (χ4n) is 3.98. The highest BCUT2D eigenvalue weighted by Gasteiger charge is 2.29. The molecule has 5 nitrogen and oxygen atoms in total. The van der Waals surface area contributed by atoms with E-state index in [0.29, 0.717) is 18.1 Å². The van der Waals surface area contributed by atoms with Crippen molar-refractivity contribution in [2.75, 3.05) is 11.4 Å². The molecule has 0 bridgehead atoms. The van der Waals surface area contributed by atoms with Crippen LogP contribution < -0.4 is 4.90 Å². The third-order valence-electron chi connectivity index (χ3n) is 5.46. The van der Waals surface area contributed by atoms with Gasteiger partial charge in [-0.3, -0.25) is 0 Å². The van der Waals surface area contributed by atoms with Crippen LogP contribution in [0.1, 0.15) is 57.2 Å². The number of likely N-dealkylation sites (tertiary alicyclic amines) is 1. The van der Waals surface area contributed by atoms with E-state index in [9.17, 15) is 15.0 Å². The molecule has 0 aromatic heterocycles. The molecule has 1 fully saturated rings. The van der Waals surface area contributed by atoms with E-state index in [1.165, 1.54) is 4.90 Å². The Morgan fingerprint density at radius 1 is 1.21 bits per heavy atom. The summed E-state index contributed by atoms with van der Waals surface area (Å²) in [4.78, 5) is 15.2. The van der Waals surface area contributed by atoms with Crippen LogP contribution in [-0.2, 0) is 6.54 Å². The van der Waals surface area contributed by atoms with Gasteiger partial charge in [-0.05, 0) is 75.4 Å². The first-order valence-electron chi connectivity index (χ1n) is 10.0. The molecule has 156 valence electrons. The lowest BCUT2D eigenvalue weighted by Gasteiger charge is -2.39. The summed E-state index contributed by atoms with van der Waals surface area (Å²) in [6.45, 7) is 7.42. The molecule has 0 spiro atoms. The Morgan fingerprint density at radius 3 is 2.59 bits per heavy atom. The first kappa shape index (κ1) is 21.3. The standard InChI is InChI=1S/C23H29ClN2O3/c1-23(2,3)26(15-16-7-6-8-18(24)13-16)20-11-10-17(14-21(20)27)19-9-4-5-12-25(19)22(28)29/h6-8,10-11,13-14,19,27H,4-5,9,12,15H2,1-3H3,(H,28,29). The van der Waals surface area contributed by atoms with Gasteiger partial charge in [0.2, 0.25) is 0 Å². The maximum absolute atomic E-state index is 11.6. The average molecular weight is 417 g/mol. The number of rotatable bonds is 4. The van der Waals surface area contributed by atoms with Gasteiger partial charge in [-0.25, -0.2) is 4.79 Å². The summed E-state index contributed by atoms with van der Waals surface area (Å²) < 4.78 is 0. The smallest absolute Gasteiger partial charge is 0.407 e. The van der Waals surface area contributed by atoms with Crippen molar-refractivity contribution in [3.05, 3.63) is 58.6 Å². The third kappa shape index (κ3) is 4.96. The highest BCUT2D eigenvalue weighted by molar-refractivity contribution is 6.30. The Kier molecular flexibility index (Phi) is 6.27. The molecule has 1 atom stereocenters. The summed E-state index contributed by atoms with van der Waals surface area (Å²) in [5, 5.41) is 21.1. The number of carboxylic acid groups (broad SMARTS) is 1. The average Bonchev–Trinajstić information content (AvgIpc) is 2.65. The number of phenols is 1. The van der Waals surface area contributed by atoms with E-state index >= 15 is 0 Å². The van der Waals surface area contributed by atoms with Gasteiger partial charge in [0.25, 0.3) is 0 Å². The minimum Gasteiger partial charge on any atom is -0.506 e. The summed E-state index contributed by atoms with van der Waals surface area (Å²) in [5.74, 6) is 0.162. The van der Waals surface area contributed by atoms with E-state index in [-0.39, 0.29) is 17.3 Å². The highest BCUT2D eigenvalue weighted by Crippen LogP contribution is 2.39. The van der Waals surface area contributed by atoms with Crippen molar-refractivity contribution in [3.8, 4) is 5.75 Å². The molecule has 3 rings (SSSR count). The number of halogens is 1. The summed E-state index contributed by atoms with van der Waals surface area (Å²) >= 11 is 6.15. The lowest BCUT2D eigenvalue weighted by Crippen LogP contribution is -2.41. The fourth-order valence-corrected chi connectivity index (χ4v) is 4.20. The Labute approximate surface area is 177 Å². The van der Waals surface area contributed by atoms with Gasteiger partial charge in [0.05, 0.1) is 11.7 Å². The largest absolute Gasteiger partial charge is 0.506 e. The second kappa shape index (κ2) is 8.54. The lowest BCUT2D eigenvalue weighted by molar-refractivity contribution is 0.106. The number of hydrogen-bond donors (Lipinski definition) is 2. The van der Waals surface area contributed by atoms with Crippen LogP contribution in [0.4, 0.5) is 10.5 Å². The number of anilines is 1. The Morgan fingerprint density at radius 2 is 1.97 bits per heavy atom. The Bertz CT molecular complexity index is 879. The van der Waals surface area contributed by atoms with Gasteiger partial charge in [-0.15, -0.1) is 0 Å². The molecule has 0 radical (unpaired) electrons. The zero-order valence-corrected chi connectivity index (χ0v) is 18.0. The van der Waals surface area contributed by atoms with E-state index in [1.54, 1.807) is 6.07 Å². The second-order valence-electron chi connectivity index (χ2n) is 8.62. The van der Waals surface area contributed by atoms with Crippen LogP contribution in [0.15, 0.2) is 42.5 Å². The number of hydrogen-bond acceptors (Lipinski definition) is 3. The molecule has 1 aliphatic rings. The second-order valence-corrected chi connectivity index (χ2v) is 9.06. The van der Waals surface area contributed by atoms with Gasteiger partial charge >= 0.3 is 6.09 Å². The number of piperidine rings is 1. The van der Waals surface area contributed by atoms with Crippen molar-refractivity contribution < 1.29 is 15.0 Å². The first-order valence-corrected chi connectivity index (χ1v) is 10.4. The summed E-state index contributed by atoms with van der Waals surface area (Å²) in [6.07, 6.45) is 1.73. The molecule has 2 N–H and O–H groups in total. The van der Waals surface area contributed by atoms with Crippen molar-refractivity contribution in [1.29, 1.82) is 0 Å². The molecule has 2 aromatic rings. The molecule has 0 aliphatic carbocycles. The van der Waals surface area contributed by atoms with E-state index < -0.39 is 6.09 Å². The quantitative estimate of drug-likeness (QED) is 0.636. The predicted octanol–water partition coefficient (Wildman–Crippen LogP) is 6.06. The van der Waals surface area contributed by atoms with E-state index in [1.807, 2.05) is 36.4 Å². The molecule has 1 heterocycles. The van der Waals surface area contributed by atoms with Crippen molar-refractivity contribution >= 4 is 23.4 Å². The summed E-state index contributed by atoms with van der Waals surface area (Å²) in [7, 11) is 0. The SMILES string of the molecule is CC(C)(C)N(Cc1cccc(Cl)c1)c1ccc(C2CCCCN2C(=O)O)cc1O. The van der Waals surface area contributed by atoms with Gasteiger partial charge < -0.3 is 20.0 Å². The molecule has 1 amide bonds. The zero-order chi connectivity index (χ0) is 21.2. The first-order chi connectivity index (χ1) is 13.7. The van der Waals surface area contributed by atoms with Crippen LogP contribution in [0.2, 0.25) is 5.02 Å². The van der Waals surface area contributed by atoms with E-state index in [2.05, 4.69) is 25.7 Å². The fraction of sp³-hybridized carbons (Fsp3) is 0.435. The van der Waals surface area contributed by atoms with E-state index in [0.717, 1.165) is 36.1 Å². The minimum atomic E-state index is -0.907. The van der Waals surface area contributed by atoms with Crippen molar-refractivity contribution in [2.45, 2.75) is 58.2 Å². The molecule has 1 saturated heterocycles. The molecular weight excluding hydrogens is 388 g/mol. The van der Waals surface area contributed by atoms with Gasteiger partial charge in [0, 0.05) is 23.7 Å². The number of aromatic hydroxyl groups is 1. The van der Waals surface area contributed by atoms with Crippen molar-refractivity contribution in [3.63, 3.8) is 0 Å².